The molecule has 1 aromatic rings. The Morgan fingerprint density at radius 3 is 2.61 bits per heavy atom. The molecule has 0 bridgehead atoms. The molecular weight excluding hydrogens is 224 g/mol. The van der Waals surface area contributed by atoms with Gasteiger partial charge in [0.25, 0.3) is 0 Å². The lowest BCUT2D eigenvalue weighted by Gasteiger charge is -2.26. The van der Waals surface area contributed by atoms with Gasteiger partial charge >= 0.3 is 0 Å². The van der Waals surface area contributed by atoms with Crippen LogP contribution in [0.25, 0.3) is 0 Å². The minimum Gasteiger partial charge on any atom is -0.330 e. The minimum absolute atomic E-state index is 0.0353. The number of amides is 1. The lowest BCUT2D eigenvalue weighted by molar-refractivity contribution is -0.122. The van der Waals surface area contributed by atoms with Crippen LogP contribution in [0, 0.1) is 12.8 Å². The smallest absolute Gasteiger partial charge is 0.229 e. The van der Waals surface area contributed by atoms with Gasteiger partial charge in [0.1, 0.15) is 0 Å². The average Bonchev–Trinajstić information content (AvgIpc) is 2.38. The van der Waals surface area contributed by atoms with Crippen molar-refractivity contribution in [2.75, 3.05) is 18.0 Å². The number of benzene rings is 1. The Morgan fingerprint density at radius 2 is 2.06 bits per heavy atom. The highest BCUT2D eigenvalue weighted by Crippen LogP contribution is 2.22. The van der Waals surface area contributed by atoms with Crippen LogP contribution in [0.5, 0.6) is 0 Å². The van der Waals surface area contributed by atoms with E-state index < -0.39 is 0 Å². The SMILES string of the molecule is CCN(C(=O)C(C)CCCN)c1ccccc1C. The summed E-state index contributed by atoms with van der Waals surface area (Å²) in [6.45, 7) is 7.39. The van der Waals surface area contributed by atoms with Crippen molar-refractivity contribution in [1.29, 1.82) is 0 Å². The maximum Gasteiger partial charge on any atom is 0.229 e. The van der Waals surface area contributed by atoms with E-state index in [1.165, 1.54) is 0 Å². The Hall–Kier alpha value is -1.35. The molecule has 0 fully saturated rings. The van der Waals surface area contributed by atoms with Gasteiger partial charge in [0.2, 0.25) is 5.91 Å². The van der Waals surface area contributed by atoms with E-state index in [1.807, 2.05) is 49.9 Å². The Labute approximate surface area is 110 Å². The van der Waals surface area contributed by atoms with Crippen molar-refractivity contribution in [1.82, 2.24) is 0 Å². The second-order valence-corrected chi connectivity index (χ2v) is 4.70. The highest BCUT2D eigenvalue weighted by Gasteiger charge is 2.21. The van der Waals surface area contributed by atoms with E-state index in [4.69, 9.17) is 5.73 Å². The summed E-state index contributed by atoms with van der Waals surface area (Å²) in [4.78, 5) is 14.3. The predicted molar refractivity (Wildman–Crippen MR) is 76.7 cm³/mol. The normalized spacial score (nSPS) is 12.2. The summed E-state index contributed by atoms with van der Waals surface area (Å²) < 4.78 is 0. The molecule has 0 aliphatic heterocycles. The van der Waals surface area contributed by atoms with Crippen molar-refractivity contribution >= 4 is 11.6 Å². The molecule has 1 atom stereocenters. The van der Waals surface area contributed by atoms with Crippen molar-refractivity contribution in [3.8, 4) is 0 Å². The van der Waals surface area contributed by atoms with E-state index in [2.05, 4.69) is 0 Å². The van der Waals surface area contributed by atoms with E-state index in [0.29, 0.717) is 13.1 Å². The molecule has 0 heterocycles. The number of nitrogens with two attached hydrogens (primary N) is 1. The first kappa shape index (κ1) is 14.7. The number of para-hydroxylation sites is 1. The van der Waals surface area contributed by atoms with E-state index >= 15 is 0 Å². The third-order valence-corrected chi connectivity index (χ3v) is 3.25. The van der Waals surface area contributed by atoms with Crippen molar-refractivity contribution in [2.45, 2.75) is 33.6 Å². The third kappa shape index (κ3) is 3.57. The van der Waals surface area contributed by atoms with E-state index in [-0.39, 0.29) is 11.8 Å². The van der Waals surface area contributed by atoms with Crippen LogP contribution in [-0.2, 0) is 4.79 Å². The van der Waals surface area contributed by atoms with E-state index in [1.54, 1.807) is 0 Å². The summed E-state index contributed by atoms with van der Waals surface area (Å²) in [7, 11) is 0. The monoisotopic (exact) mass is 248 g/mol. The van der Waals surface area contributed by atoms with E-state index in [0.717, 1.165) is 24.1 Å². The minimum atomic E-state index is 0.0353. The van der Waals surface area contributed by atoms with Crippen LogP contribution in [0.15, 0.2) is 24.3 Å². The van der Waals surface area contributed by atoms with Crippen LogP contribution in [0.4, 0.5) is 5.69 Å². The summed E-state index contributed by atoms with van der Waals surface area (Å²) in [5.74, 6) is 0.230. The predicted octanol–water partition coefficient (Wildman–Crippen LogP) is 2.72. The number of carbonyl (C=O) groups excluding carboxylic acids is 1. The van der Waals surface area contributed by atoms with Gasteiger partial charge in [-0.1, -0.05) is 25.1 Å². The maximum absolute atomic E-state index is 12.4. The van der Waals surface area contributed by atoms with Gasteiger partial charge in [-0.05, 0) is 44.9 Å². The van der Waals surface area contributed by atoms with Gasteiger partial charge in [0.15, 0.2) is 0 Å². The van der Waals surface area contributed by atoms with Gasteiger partial charge < -0.3 is 10.6 Å². The Kier molecular flexibility index (Phi) is 5.86. The molecule has 1 amide bonds. The summed E-state index contributed by atoms with van der Waals surface area (Å²) in [6, 6.07) is 8.01. The fraction of sp³-hybridized carbons (Fsp3) is 0.533. The summed E-state index contributed by atoms with van der Waals surface area (Å²) in [5.41, 5.74) is 7.65. The summed E-state index contributed by atoms with van der Waals surface area (Å²) >= 11 is 0. The lowest BCUT2D eigenvalue weighted by Crippen LogP contribution is -2.35. The van der Waals surface area contributed by atoms with Gasteiger partial charge in [-0.3, -0.25) is 4.79 Å². The Morgan fingerprint density at radius 1 is 1.39 bits per heavy atom. The van der Waals surface area contributed by atoms with Crippen LogP contribution < -0.4 is 10.6 Å². The largest absolute Gasteiger partial charge is 0.330 e. The molecular formula is C15H24N2O. The number of anilines is 1. The van der Waals surface area contributed by atoms with Gasteiger partial charge in [-0.15, -0.1) is 0 Å². The lowest BCUT2D eigenvalue weighted by atomic mass is 10.0. The highest BCUT2D eigenvalue weighted by atomic mass is 16.2. The molecule has 0 spiro atoms. The fourth-order valence-electron chi connectivity index (χ4n) is 2.12. The van der Waals surface area contributed by atoms with Crippen LogP contribution in [-0.4, -0.2) is 19.0 Å². The van der Waals surface area contributed by atoms with Gasteiger partial charge in [0, 0.05) is 18.2 Å². The molecule has 0 radical (unpaired) electrons. The molecule has 0 saturated heterocycles. The zero-order chi connectivity index (χ0) is 13.5. The molecule has 3 nitrogen and oxygen atoms in total. The number of carbonyl (C=O) groups is 1. The van der Waals surface area contributed by atoms with Crippen LogP contribution in [0.2, 0.25) is 0 Å². The zero-order valence-corrected chi connectivity index (χ0v) is 11.6. The topological polar surface area (TPSA) is 46.3 Å². The molecule has 0 saturated carbocycles. The molecule has 1 aromatic carbocycles. The van der Waals surface area contributed by atoms with Gasteiger partial charge in [-0.2, -0.15) is 0 Å². The first-order chi connectivity index (χ1) is 8.61. The summed E-state index contributed by atoms with van der Waals surface area (Å²) in [5, 5.41) is 0. The van der Waals surface area contributed by atoms with Crippen molar-refractivity contribution in [3.05, 3.63) is 29.8 Å². The fourth-order valence-corrected chi connectivity index (χ4v) is 2.12. The maximum atomic E-state index is 12.4. The van der Waals surface area contributed by atoms with Gasteiger partial charge in [0.05, 0.1) is 0 Å². The van der Waals surface area contributed by atoms with E-state index in [9.17, 15) is 4.79 Å². The Balaban J connectivity index is 2.83. The zero-order valence-electron chi connectivity index (χ0n) is 11.6. The molecule has 18 heavy (non-hydrogen) atoms. The molecule has 1 rings (SSSR count). The van der Waals surface area contributed by atoms with Crippen LogP contribution in [0.3, 0.4) is 0 Å². The standard InChI is InChI=1S/C15H24N2O/c1-4-17(14-10-6-5-8-12(14)2)15(18)13(3)9-7-11-16/h5-6,8,10,13H,4,7,9,11,16H2,1-3H3. The highest BCUT2D eigenvalue weighted by molar-refractivity contribution is 5.95. The number of hydrogen-bond donors (Lipinski definition) is 1. The molecule has 2 N–H and O–H groups in total. The first-order valence-corrected chi connectivity index (χ1v) is 6.68. The van der Waals surface area contributed by atoms with Crippen LogP contribution >= 0.6 is 0 Å². The number of aryl methyl sites for hydroxylation is 1. The number of hydrogen-bond acceptors (Lipinski definition) is 2. The second-order valence-electron chi connectivity index (χ2n) is 4.70. The van der Waals surface area contributed by atoms with Crippen molar-refractivity contribution in [3.63, 3.8) is 0 Å². The third-order valence-electron chi connectivity index (χ3n) is 3.25. The van der Waals surface area contributed by atoms with Crippen molar-refractivity contribution in [2.24, 2.45) is 11.7 Å². The molecule has 0 aliphatic rings. The second kappa shape index (κ2) is 7.17. The summed E-state index contributed by atoms with van der Waals surface area (Å²) in [6.07, 6.45) is 1.76. The number of rotatable bonds is 6. The number of nitrogens with zero attached hydrogens (tertiary/aromatic N) is 1. The molecule has 3 heteroatoms. The molecule has 0 aromatic heterocycles. The molecule has 1 unspecified atom stereocenters. The van der Waals surface area contributed by atoms with Gasteiger partial charge in [-0.25, -0.2) is 0 Å². The molecule has 100 valence electrons. The first-order valence-electron chi connectivity index (χ1n) is 6.68. The quantitative estimate of drug-likeness (QED) is 0.841. The Bertz CT molecular complexity index is 390. The molecule has 0 aliphatic carbocycles. The average molecular weight is 248 g/mol. The van der Waals surface area contributed by atoms with Crippen molar-refractivity contribution < 1.29 is 4.79 Å². The van der Waals surface area contributed by atoms with Crippen LogP contribution in [0.1, 0.15) is 32.3 Å².